The average Bonchev–Trinajstić information content (AvgIpc) is 3.38. The molecule has 0 aliphatic heterocycles. The van der Waals surface area contributed by atoms with Crippen molar-refractivity contribution in [3.8, 4) is 10.6 Å². The molecule has 0 saturated heterocycles. The number of sulfonamides is 1. The van der Waals surface area contributed by atoms with Crippen LogP contribution in [0.1, 0.15) is 17.7 Å². The monoisotopic (exact) mass is 672 g/mol. The van der Waals surface area contributed by atoms with E-state index in [1.54, 1.807) is 0 Å². The summed E-state index contributed by atoms with van der Waals surface area (Å²) >= 11 is 0.818. The first-order valence-corrected chi connectivity index (χ1v) is 13.2. The highest BCUT2D eigenvalue weighted by Crippen LogP contribution is 2.35. The highest BCUT2D eigenvalue weighted by molar-refractivity contribution is 7.91. The summed E-state index contributed by atoms with van der Waals surface area (Å²) in [7, 11) is 2.87. The number of rotatable bonds is 10. The number of nitrogens with one attached hydrogen (secondary N) is 1. The fourth-order valence-electron chi connectivity index (χ4n) is 3.52. The van der Waals surface area contributed by atoms with Gasteiger partial charge in [-0.3, -0.25) is 9.48 Å². The molecule has 37 heavy (non-hydrogen) atoms. The van der Waals surface area contributed by atoms with Gasteiger partial charge in [-0.15, -0.1) is 11.3 Å². The Kier molecular flexibility index (Phi) is 10.3. The lowest BCUT2D eigenvalue weighted by molar-refractivity contribution is -0.871. The first kappa shape index (κ1) is 31.2. The van der Waals surface area contributed by atoms with E-state index in [2.05, 4.69) is 9.82 Å². The molecule has 8 nitrogen and oxygen atoms in total. The second kappa shape index (κ2) is 12.2. The Balaban J connectivity index is 0.00000481. The number of halogens is 4. The second-order valence-corrected chi connectivity index (χ2v) is 12.3. The van der Waals surface area contributed by atoms with Crippen molar-refractivity contribution in [1.29, 1.82) is 0 Å². The largest absolute Gasteiger partial charge is 1.00 e. The number of aromatic nitrogens is 2. The average molecular weight is 673 g/mol. The lowest BCUT2D eigenvalue weighted by atomic mass is 10.2. The second-order valence-electron chi connectivity index (χ2n) is 9.30. The minimum atomic E-state index is -4.61. The van der Waals surface area contributed by atoms with Gasteiger partial charge in [-0.05, 0) is 23.8 Å². The third-order valence-corrected chi connectivity index (χ3v) is 8.13. The zero-order valence-electron chi connectivity index (χ0n) is 20.6. The quantitative estimate of drug-likeness (QED) is 0.194. The lowest BCUT2D eigenvalue weighted by Gasteiger charge is -2.29. The summed E-state index contributed by atoms with van der Waals surface area (Å²) in [6.45, 7) is 0.372. The smallest absolute Gasteiger partial charge is 0.435 e. The highest BCUT2D eigenvalue weighted by Gasteiger charge is 2.35. The van der Waals surface area contributed by atoms with Gasteiger partial charge in [-0.25, -0.2) is 13.1 Å². The molecule has 1 atom stereocenters. The molecule has 0 saturated carbocycles. The van der Waals surface area contributed by atoms with Crippen LogP contribution in [0.3, 0.4) is 0 Å². The number of quaternary nitrogens is 1. The number of ether oxygens (including phenoxy) is 1. The van der Waals surface area contributed by atoms with Gasteiger partial charge < -0.3 is 33.2 Å². The standard InChI is InChI=1S/C23H28F3N4O4S2.HI/c1-29-18(13-20(27-29)23(24,25)26)19-10-11-22(35-19)36(32,33)28-17(14-30(2,3)4)12-21(31)34-15-16-8-6-5-7-9-16;/h5-11,13,17,28H,12,14-15H2,1-4H3;1H/q+1;/p-1. The zero-order chi connectivity index (χ0) is 26.7. The van der Waals surface area contributed by atoms with E-state index in [1.165, 1.54) is 19.2 Å². The molecule has 204 valence electrons. The maximum absolute atomic E-state index is 13.1. The van der Waals surface area contributed by atoms with Crippen LogP contribution in [0.15, 0.2) is 52.7 Å². The number of nitrogens with zero attached hydrogens (tertiary/aromatic N) is 3. The van der Waals surface area contributed by atoms with Crippen LogP contribution in [0, 0.1) is 0 Å². The number of hydrogen-bond acceptors (Lipinski definition) is 6. The van der Waals surface area contributed by atoms with Crippen molar-refractivity contribution in [2.24, 2.45) is 7.05 Å². The van der Waals surface area contributed by atoms with Gasteiger partial charge in [0.15, 0.2) is 5.69 Å². The Morgan fingerprint density at radius 3 is 2.38 bits per heavy atom. The predicted molar refractivity (Wildman–Crippen MR) is 129 cm³/mol. The molecule has 0 radical (unpaired) electrons. The third kappa shape index (κ3) is 9.05. The van der Waals surface area contributed by atoms with E-state index in [1.807, 2.05) is 51.5 Å². The van der Waals surface area contributed by atoms with Gasteiger partial charge in [0.2, 0.25) is 0 Å². The summed E-state index contributed by atoms with van der Waals surface area (Å²) in [4.78, 5) is 12.8. The number of aryl methyl sites for hydroxylation is 1. The van der Waals surface area contributed by atoms with Crippen LogP contribution in [0.25, 0.3) is 10.6 Å². The molecule has 1 unspecified atom stereocenters. The van der Waals surface area contributed by atoms with E-state index in [-0.39, 0.29) is 46.9 Å². The molecule has 0 spiro atoms. The van der Waals surface area contributed by atoms with Gasteiger partial charge in [0.05, 0.1) is 50.7 Å². The van der Waals surface area contributed by atoms with Crippen molar-refractivity contribution < 1.29 is 59.6 Å². The topological polar surface area (TPSA) is 90.3 Å². The van der Waals surface area contributed by atoms with Gasteiger partial charge in [-0.2, -0.15) is 18.3 Å². The van der Waals surface area contributed by atoms with Crippen molar-refractivity contribution >= 4 is 27.3 Å². The zero-order valence-corrected chi connectivity index (χ0v) is 24.4. The molecule has 2 aromatic heterocycles. The van der Waals surface area contributed by atoms with E-state index in [9.17, 15) is 26.4 Å². The fourth-order valence-corrected chi connectivity index (χ4v) is 6.12. The molecule has 1 aromatic carbocycles. The number of alkyl halides is 3. The summed E-state index contributed by atoms with van der Waals surface area (Å²) in [5.41, 5.74) is -0.112. The van der Waals surface area contributed by atoms with Crippen molar-refractivity contribution in [2.45, 2.75) is 29.5 Å². The number of carbonyl (C=O) groups excluding carboxylic acids is 1. The summed E-state index contributed by atoms with van der Waals surface area (Å²) in [6, 6.07) is 12.0. The van der Waals surface area contributed by atoms with Crippen molar-refractivity contribution in [1.82, 2.24) is 14.5 Å². The highest BCUT2D eigenvalue weighted by atomic mass is 127. The number of esters is 1. The maximum atomic E-state index is 13.1. The molecule has 1 N–H and O–H groups in total. The number of thiophene rings is 1. The molecule has 0 amide bonds. The van der Waals surface area contributed by atoms with Crippen molar-refractivity contribution in [2.75, 3.05) is 27.7 Å². The molecule has 0 fully saturated rings. The normalized spacial score (nSPS) is 13.2. The van der Waals surface area contributed by atoms with E-state index in [0.717, 1.165) is 27.6 Å². The number of benzene rings is 1. The molecule has 0 aliphatic rings. The number of likely N-dealkylation sites (N-methyl/N-ethyl adjacent to an activating group) is 1. The third-order valence-electron chi connectivity index (χ3n) is 5.01. The minimum absolute atomic E-state index is 0. The van der Waals surface area contributed by atoms with Crippen molar-refractivity contribution in [3.63, 3.8) is 0 Å². The number of carbonyl (C=O) groups is 1. The minimum Gasteiger partial charge on any atom is -1.00 e. The molecule has 0 aliphatic carbocycles. The number of hydrogen-bond donors (Lipinski definition) is 1. The molecule has 3 rings (SSSR count). The Bertz CT molecular complexity index is 1300. The summed E-state index contributed by atoms with van der Waals surface area (Å²) in [6.07, 6.45) is -4.80. The Labute approximate surface area is 235 Å². The Hall–Kier alpha value is -2.01. The van der Waals surface area contributed by atoms with Crippen LogP contribution < -0.4 is 28.7 Å². The molecule has 14 heteroatoms. The SMILES string of the molecule is Cn1nc(C(F)(F)F)cc1-c1ccc(S(=O)(=O)NC(CC(=O)OCc2ccccc2)C[N+](C)(C)C)s1.[I-]. The van der Waals surface area contributed by atoms with Crippen LogP contribution in [0.5, 0.6) is 0 Å². The summed E-state index contributed by atoms with van der Waals surface area (Å²) < 4.78 is 74.5. The van der Waals surface area contributed by atoms with Crippen LogP contribution in [-0.4, -0.2) is 62.4 Å². The van der Waals surface area contributed by atoms with Gasteiger partial charge >= 0.3 is 12.1 Å². The predicted octanol–water partition coefficient (Wildman–Crippen LogP) is 0.658. The Morgan fingerprint density at radius 2 is 1.81 bits per heavy atom. The molecule has 0 bridgehead atoms. The van der Waals surface area contributed by atoms with Gasteiger partial charge in [0, 0.05) is 7.05 Å². The van der Waals surface area contributed by atoms with Crippen molar-refractivity contribution in [3.05, 3.63) is 59.8 Å². The van der Waals surface area contributed by atoms with Gasteiger partial charge in [0.1, 0.15) is 10.8 Å². The molecule has 3 aromatic rings. The van der Waals surface area contributed by atoms with Crippen LogP contribution in [-0.2, 0) is 39.4 Å². The van der Waals surface area contributed by atoms with E-state index in [4.69, 9.17) is 4.74 Å². The Morgan fingerprint density at radius 1 is 1.16 bits per heavy atom. The van der Waals surface area contributed by atoms with Gasteiger partial charge in [-0.1, -0.05) is 30.3 Å². The summed E-state index contributed by atoms with van der Waals surface area (Å²) in [5, 5.41) is 3.47. The van der Waals surface area contributed by atoms with E-state index < -0.39 is 33.9 Å². The first-order chi connectivity index (χ1) is 16.6. The summed E-state index contributed by atoms with van der Waals surface area (Å²) in [5.74, 6) is -0.554. The molecular formula is C23H28F3IN4O4S2. The molecule has 2 heterocycles. The lowest BCUT2D eigenvalue weighted by Crippen LogP contribution is -3.00. The van der Waals surface area contributed by atoms with Crippen LogP contribution in [0.2, 0.25) is 0 Å². The van der Waals surface area contributed by atoms with E-state index in [0.29, 0.717) is 15.9 Å². The van der Waals surface area contributed by atoms with Crippen LogP contribution in [0.4, 0.5) is 13.2 Å². The molecular weight excluding hydrogens is 644 g/mol. The first-order valence-electron chi connectivity index (χ1n) is 10.9. The maximum Gasteiger partial charge on any atom is 0.435 e. The fraction of sp³-hybridized carbons (Fsp3) is 0.391. The van der Waals surface area contributed by atoms with E-state index >= 15 is 0 Å². The van der Waals surface area contributed by atoms with Gasteiger partial charge in [0.25, 0.3) is 10.0 Å². The van der Waals surface area contributed by atoms with Crippen LogP contribution >= 0.6 is 11.3 Å².